The van der Waals surface area contributed by atoms with Crippen LogP contribution in [0.1, 0.15) is 23.2 Å². The summed E-state index contributed by atoms with van der Waals surface area (Å²) < 4.78 is 26.9. The average Bonchev–Trinajstić information content (AvgIpc) is 2.73. The van der Waals surface area contributed by atoms with Gasteiger partial charge in [-0.2, -0.15) is 0 Å². The van der Waals surface area contributed by atoms with Crippen LogP contribution in [0.2, 0.25) is 0 Å². The maximum absolute atomic E-state index is 13.6. The number of benzene rings is 1. The second-order valence-corrected chi connectivity index (χ2v) is 3.78. The topological polar surface area (TPSA) is 40.5 Å². The van der Waals surface area contributed by atoms with Gasteiger partial charge in [0.1, 0.15) is 11.6 Å². The van der Waals surface area contributed by atoms with E-state index in [0.717, 1.165) is 25.0 Å². The summed E-state index contributed by atoms with van der Waals surface area (Å²) in [5.74, 6) is -3.03. The number of carbonyl (C=O) groups is 1. The number of hydrogen-bond acceptors (Lipinski definition) is 2. The third-order valence-electron chi connectivity index (χ3n) is 2.71. The molecule has 1 aliphatic heterocycles. The summed E-state index contributed by atoms with van der Waals surface area (Å²) in [6.07, 6.45) is 1.89. The molecule has 1 aromatic rings. The Morgan fingerprint density at radius 3 is 2.38 bits per heavy atom. The van der Waals surface area contributed by atoms with Crippen molar-refractivity contribution in [3.8, 4) is 0 Å². The van der Waals surface area contributed by atoms with Gasteiger partial charge in [0.15, 0.2) is 0 Å². The molecular formula is C11H11F2NO2. The molecule has 1 saturated heterocycles. The van der Waals surface area contributed by atoms with E-state index in [2.05, 4.69) is 0 Å². The molecule has 3 nitrogen and oxygen atoms in total. The number of carboxylic acids is 1. The maximum atomic E-state index is 13.6. The fraction of sp³-hybridized carbons (Fsp3) is 0.364. The first-order valence-corrected chi connectivity index (χ1v) is 5.07. The van der Waals surface area contributed by atoms with Crippen LogP contribution in [0.25, 0.3) is 0 Å². The molecule has 2 rings (SSSR count). The van der Waals surface area contributed by atoms with Gasteiger partial charge in [0.05, 0.1) is 11.3 Å². The molecule has 0 saturated carbocycles. The summed E-state index contributed by atoms with van der Waals surface area (Å²) in [6.45, 7) is 1.37. The molecular weight excluding hydrogens is 216 g/mol. The van der Waals surface area contributed by atoms with Gasteiger partial charge in [0, 0.05) is 19.2 Å². The molecule has 1 heterocycles. The Morgan fingerprint density at radius 1 is 1.19 bits per heavy atom. The quantitative estimate of drug-likeness (QED) is 0.842. The Kier molecular flexibility index (Phi) is 2.77. The Bertz CT molecular complexity index is 428. The van der Waals surface area contributed by atoms with Crippen LogP contribution in [0.4, 0.5) is 14.5 Å². The molecule has 0 radical (unpaired) electrons. The second kappa shape index (κ2) is 4.08. The fourth-order valence-corrected chi connectivity index (χ4v) is 1.90. The Balaban J connectivity index is 2.40. The molecule has 0 unspecified atom stereocenters. The lowest BCUT2D eigenvalue weighted by atomic mass is 10.1. The zero-order chi connectivity index (χ0) is 11.7. The molecule has 1 N–H and O–H groups in total. The molecule has 16 heavy (non-hydrogen) atoms. The van der Waals surface area contributed by atoms with Crippen LogP contribution in [0.15, 0.2) is 12.1 Å². The minimum atomic E-state index is -1.45. The van der Waals surface area contributed by atoms with Gasteiger partial charge in [0.2, 0.25) is 0 Å². The van der Waals surface area contributed by atoms with Crippen molar-refractivity contribution in [2.75, 3.05) is 18.0 Å². The minimum absolute atomic E-state index is 0.153. The van der Waals surface area contributed by atoms with E-state index in [1.165, 1.54) is 0 Å². The molecule has 0 bridgehead atoms. The van der Waals surface area contributed by atoms with Gasteiger partial charge >= 0.3 is 5.97 Å². The molecule has 86 valence electrons. The molecule has 0 spiro atoms. The minimum Gasteiger partial charge on any atom is -0.478 e. The van der Waals surface area contributed by atoms with Crippen molar-refractivity contribution in [3.63, 3.8) is 0 Å². The van der Waals surface area contributed by atoms with E-state index in [1.807, 2.05) is 0 Å². The summed E-state index contributed by atoms with van der Waals surface area (Å²) >= 11 is 0. The lowest BCUT2D eigenvalue weighted by Gasteiger charge is -2.18. The second-order valence-electron chi connectivity index (χ2n) is 3.78. The van der Waals surface area contributed by atoms with Gasteiger partial charge < -0.3 is 10.0 Å². The van der Waals surface area contributed by atoms with E-state index in [9.17, 15) is 13.6 Å². The van der Waals surface area contributed by atoms with E-state index in [0.29, 0.717) is 13.1 Å². The van der Waals surface area contributed by atoms with Crippen molar-refractivity contribution < 1.29 is 18.7 Å². The van der Waals surface area contributed by atoms with Crippen LogP contribution >= 0.6 is 0 Å². The third kappa shape index (κ3) is 1.85. The van der Waals surface area contributed by atoms with Crippen LogP contribution in [0, 0.1) is 11.6 Å². The van der Waals surface area contributed by atoms with Crippen molar-refractivity contribution in [2.45, 2.75) is 12.8 Å². The fourth-order valence-electron chi connectivity index (χ4n) is 1.90. The van der Waals surface area contributed by atoms with E-state index in [4.69, 9.17) is 5.11 Å². The Labute approximate surface area is 91.3 Å². The van der Waals surface area contributed by atoms with Crippen molar-refractivity contribution >= 4 is 11.7 Å². The van der Waals surface area contributed by atoms with E-state index in [-0.39, 0.29) is 5.69 Å². The molecule has 1 aromatic carbocycles. The zero-order valence-electron chi connectivity index (χ0n) is 8.54. The van der Waals surface area contributed by atoms with Gasteiger partial charge in [-0.3, -0.25) is 0 Å². The predicted octanol–water partition coefficient (Wildman–Crippen LogP) is 2.26. The maximum Gasteiger partial charge on any atom is 0.338 e. The molecule has 0 aromatic heterocycles. The zero-order valence-corrected chi connectivity index (χ0v) is 8.54. The molecule has 0 atom stereocenters. The molecule has 0 aliphatic carbocycles. The van der Waals surface area contributed by atoms with Gasteiger partial charge in [-0.1, -0.05) is 0 Å². The number of rotatable bonds is 2. The van der Waals surface area contributed by atoms with Gasteiger partial charge in [-0.15, -0.1) is 0 Å². The first kappa shape index (κ1) is 10.9. The molecule has 1 fully saturated rings. The van der Waals surface area contributed by atoms with Crippen molar-refractivity contribution in [1.29, 1.82) is 0 Å². The first-order valence-electron chi connectivity index (χ1n) is 5.07. The lowest BCUT2D eigenvalue weighted by molar-refractivity contribution is 0.0691. The van der Waals surface area contributed by atoms with Gasteiger partial charge in [-0.25, -0.2) is 13.6 Å². The van der Waals surface area contributed by atoms with Crippen LogP contribution in [0.3, 0.4) is 0 Å². The number of aromatic carboxylic acids is 1. The highest BCUT2D eigenvalue weighted by molar-refractivity contribution is 5.88. The number of nitrogens with zero attached hydrogens (tertiary/aromatic N) is 1. The average molecular weight is 227 g/mol. The molecule has 5 heteroatoms. The highest BCUT2D eigenvalue weighted by Gasteiger charge is 2.20. The first-order chi connectivity index (χ1) is 7.59. The van der Waals surface area contributed by atoms with E-state index in [1.54, 1.807) is 4.90 Å². The summed E-state index contributed by atoms with van der Waals surface area (Å²) in [6, 6.07) is 1.70. The number of hydrogen-bond donors (Lipinski definition) is 1. The normalized spacial score (nSPS) is 15.5. The Hall–Kier alpha value is -1.65. The number of halogens is 2. The van der Waals surface area contributed by atoms with E-state index >= 15 is 0 Å². The highest BCUT2D eigenvalue weighted by Crippen LogP contribution is 2.26. The SMILES string of the molecule is O=C(O)c1cc(F)c(N2CCCC2)cc1F. The molecule has 1 aliphatic rings. The summed E-state index contributed by atoms with van der Waals surface area (Å²) in [5.41, 5.74) is -0.472. The van der Waals surface area contributed by atoms with Gasteiger partial charge in [0.25, 0.3) is 0 Å². The smallest absolute Gasteiger partial charge is 0.338 e. The van der Waals surface area contributed by atoms with Crippen LogP contribution < -0.4 is 4.90 Å². The Morgan fingerprint density at radius 2 is 1.81 bits per heavy atom. The lowest BCUT2D eigenvalue weighted by Crippen LogP contribution is -2.19. The van der Waals surface area contributed by atoms with Crippen LogP contribution in [-0.4, -0.2) is 24.2 Å². The monoisotopic (exact) mass is 227 g/mol. The van der Waals surface area contributed by atoms with Crippen LogP contribution in [0.5, 0.6) is 0 Å². The summed E-state index contributed by atoms with van der Waals surface area (Å²) in [7, 11) is 0. The third-order valence-corrected chi connectivity index (χ3v) is 2.71. The highest BCUT2D eigenvalue weighted by atomic mass is 19.1. The largest absolute Gasteiger partial charge is 0.478 e. The number of anilines is 1. The summed E-state index contributed by atoms with van der Waals surface area (Å²) in [5, 5.41) is 8.63. The van der Waals surface area contributed by atoms with Crippen molar-refractivity contribution in [2.24, 2.45) is 0 Å². The van der Waals surface area contributed by atoms with E-state index < -0.39 is 23.2 Å². The van der Waals surface area contributed by atoms with Crippen LogP contribution in [-0.2, 0) is 0 Å². The standard InChI is InChI=1S/C11H11F2NO2/c12-8-6-10(14-3-1-2-4-14)9(13)5-7(8)11(15)16/h5-6H,1-4H2,(H,15,16). The van der Waals surface area contributed by atoms with Crippen molar-refractivity contribution in [3.05, 3.63) is 29.3 Å². The number of carboxylic acid groups (broad SMARTS) is 1. The predicted molar refractivity (Wildman–Crippen MR) is 54.8 cm³/mol. The van der Waals surface area contributed by atoms with Crippen molar-refractivity contribution in [1.82, 2.24) is 0 Å². The van der Waals surface area contributed by atoms with Gasteiger partial charge in [-0.05, 0) is 18.9 Å². The summed E-state index contributed by atoms with van der Waals surface area (Å²) in [4.78, 5) is 12.3. The molecule has 0 amide bonds.